The van der Waals surface area contributed by atoms with Gasteiger partial charge in [0.25, 0.3) is 0 Å². The molecule has 0 aliphatic rings. The number of aliphatic hydroxyl groups excluding tert-OH is 1. The van der Waals surface area contributed by atoms with Crippen molar-refractivity contribution in [1.29, 1.82) is 0 Å². The average molecular weight is 246 g/mol. The van der Waals surface area contributed by atoms with Gasteiger partial charge in [-0.25, -0.2) is 0 Å². The molecule has 1 atom stereocenters. The van der Waals surface area contributed by atoms with Crippen molar-refractivity contribution in [2.75, 3.05) is 6.61 Å². The van der Waals surface area contributed by atoms with Crippen LogP contribution < -0.4 is 0 Å². The summed E-state index contributed by atoms with van der Waals surface area (Å²) in [6, 6.07) is 0. The molecular weight excluding hydrogens is 224 g/mol. The van der Waals surface area contributed by atoms with E-state index in [4.69, 9.17) is 9.84 Å². The largest absolute Gasteiger partial charge is 0.481 e. The highest BCUT2D eigenvalue weighted by molar-refractivity contribution is 5.69. The van der Waals surface area contributed by atoms with Crippen molar-refractivity contribution in [3.63, 3.8) is 0 Å². The molecule has 5 heteroatoms. The smallest absolute Gasteiger partial charge is 0.305 e. The van der Waals surface area contributed by atoms with Crippen LogP contribution >= 0.6 is 0 Å². The molecule has 17 heavy (non-hydrogen) atoms. The van der Waals surface area contributed by atoms with Crippen LogP contribution in [-0.4, -0.2) is 34.9 Å². The zero-order valence-corrected chi connectivity index (χ0v) is 10.4. The number of rotatable bonds is 10. The van der Waals surface area contributed by atoms with Gasteiger partial charge in [0.1, 0.15) is 0 Å². The number of unbranched alkanes of at least 4 members (excludes halogenated alkanes) is 1. The molecule has 0 spiro atoms. The van der Waals surface area contributed by atoms with Gasteiger partial charge < -0.3 is 14.9 Å². The van der Waals surface area contributed by atoms with Gasteiger partial charge in [-0.05, 0) is 32.1 Å². The van der Waals surface area contributed by atoms with Crippen LogP contribution in [0.5, 0.6) is 0 Å². The lowest BCUT2D eigenvalue weighted by Gasteiger charge is -2.07. The van der Waals surface area contributed by atoms with Crippen LogP contribution in [0.15, 0.2) is 0 Å². The SMILES string of the molecule is CCC(O)CCCOC(=O)CCCCC(=O)O. The number of carboxylic acids is 1. The Labute approximate surface area is 102 Å². The van der Waals surface area contributed by atoms with E-state index in [2.05, 4.69) is 0 Å². The number of ether oxygens (including phenoxy) is 1. The molecule has 2 N–H and O–H groups in total. The second-order valence-electron chi connectivity index (χ2n) is 4.03. The Kier molecular flexibility index (Phi) is 9.43. The molecule has 100 valence electrons. The molecule has 0 bridgehead atoms. The van der Waals surface area contributed by atoms with E-state index in [1.807, 2.05) is 6.92 Å². The normalized spacial score (nSPS) is 12.1. The summed E-state index contributed by atoms with van der Waals surface area (Å²) in [4.78, 5) is 21.4. The lowest BCUT2D eigenvalue weighted by molar-refractivity contribution is -0.144. The summed E-state index contributed by atoms with van der Waals surface area (Å²) in [6.45, 7) is 2.23. The molecule has 0 aromatic rings. The Hall–Kier alpha value is -1.10. The number of hydrogen-bond acceptors (Lipinski definition) is 4. The van der Waals surface area contributed by atoms with Gasteiger partial charge in [0.2, 0.25) is 0 Å². The highest BCUT2D eigenvalue weighted by Gasteiger charge is 2.05. The van der Waals surface area contributed by atoms with Gasteiger partial charge in [0.15, 0.2) is 0 Å². The Morgan fingerprint density at radius 3 is 2.41 bits per heavy atom. The summed E-state index contributed by atoms with van der Waals surface area (Å²) in [7, 11) is 0. The Morgan fingerprint density at radius 2 is 1.82 bits per heavy atom. The molecular formula is C12H22O5. The third-order valence-corrected chi connectivity index (χ3v) is 2.44. The number of aliphatic hydroxyl groups is 1. The monoisotopic (exact) mass is 246 g/mol. The van der Waals surface area contributed by atoms with Crippen molar-refractivity contribution in [1.82, 2.24) is 0 Å². The molecule has 0 aliphatic carbocycles. The van der Waals surface area contributed by atoms with Crippen LogP contribution in [0, 0.1) is 0 Å². The van der Waals surface area contributed by atoms with Crippen LogP contribution in [0.3, 0.4) is 0 Å². The van der Waals surface area contributed by atoms with Crippen molar-refractivity contribution in [3.8, 4) is 0 Å². The summed E-state index contributed by atoms with van der Waals surface area (Å²) in [6.07, 6.45) is 3.10. The van der Waals surface area contributed by atoms with Crippen molar-refractivity contribution < 1.29 is 24.5 Å². The maximum absolute atomic E-state index is 11.2. The first-order chi connectivity index (χ1) is 8.06. The molecule has 0 saturated heterocycles. The fourth-order valence-corrected chi connectivity index (χ4v) is 1.33. The summed E-state index contributed by atoms with van der Waals surface area (Å²) in [5, 5.41) is 17.6. The minimum absolute atomic E-state index is 0.0932. The maximum Gasteiger partial charge on any atom is 0.305 e. The topological polar surface area (TPSA) is 83.8 Å². The van der Waals surface area contributed by atoms with Crippen LogP contribution in [0.4, 0.5) is 0 Å². The van der Waals surface area contributed by atoms with E-state index in [1.54, 1.807) is 0 Å². The lowest BCUT2D eigenvalue weighted by Crippen LogP contribution is -2.09. The quantitative estimate of drug-likeness (QED) is 0.453. The van der Waals surface area contributed by atoms with E-state index < -0.39 is 5.97 Å². The zero-order valence-electron chi connectivity index (χ0n) is 10.4. The summed E-state index contributed by atoms with van der Waals surface area (Å²) < 4.78 is 4.95. The number of aliphatic carboxylic acids is 1. The van der Waals surface area contributed by atoms with E-state index in [0.717, 1.165) is 0 Å². The standard InChI is InChI=1S/C12H22O5/c1-2-10(13)6-5-9-17-12(16)8-4-3-7-11(14)15/h10,13H,2-9H2,1H3,(H,14,15). The van der Waals surface area contributed by atoms with E-state index in [1.165, 1.54) is 0 Å². The van der Waals surface area contributed by atoms with Crippen molar-refractivity contribution >= 4 is 11.9 Å². The summed E-state index contributed by atoms with van der Waals surface area (Å²) in [5.41, 5.74) is 0. The molecule has 0 saturated carbocycles. The molecule has 0 fully saturated rings. The number of carbonyl (C=O) groups is 2. The fraction of sp³-hybridized carbons (Fsp3) is 0.833. The third-order valence-electron chi connectivity index (χ3n) is 2.44. The van der Waals surface area contributed by atoms with Crippen LogP contribution in [-0.2, 0) is 14.3 Å². The molecule has 0 heterocycles. The van der Waals surface area contributed by atoms with Crippen LogP contribution in [0.1, 0.15) is 51.9 Å². The summed E-state index contributed by atoms with van der Waals surface area (Å²) >= 11 is 0. The van der Waals surface area contributed by atoms with E-state index >= 15 is 0 Å². The van der Waals surface area contributed by atoms with Gasteiger partial charge in [-0.1, -0.05) is 6.92 Å². The zero-order chi connectivity index (χ0) is 13.1. The Bertz CT molecular complexity index is 227. The van der Waals surface area contributed by atoms with Gasteiger partial charge in [-0.3, -0.25) is 9.59 Å². The Balaban J connectivity index is 3.32. The predicted octanol–water partition coefficient (Wildman–Crippen LogP) is 1.73. The van der Waals surface area contributed by atoms with Gasteiger partial charge in [0.05, 0.1) is 12.7 Å². The third kappa shape index (κ3) is 11.2. The first-order valence-electron chi connectivity index (χ1n) is 6.11. The van der Waals surface area contributed by atoms with Gasteiger partial charge in [0, 0.05) is 12.8 Å². The van der Waals surface area contributed by atoms with Crippen molar-refractivity contribution in [2.45, 2.75) is 58.0 Å². The number of hydrogen-bond donors (Lipinski definition) is 2. The first-order valence-corrected chi connectivity index (χ1v) is 6.11. The fourth-order valence-electron chi connectivity index (χ4n) is 1.33. The van der Waals surface area contributed by atoms with Crippen molar-refractivity contribution in [2.24, 2.45) is 0 Å². The van der Waals surface area contributed by atoms with E-state index in [9.17, 15) is 14.7 Å². The molecule has 0 aromatic heterocycles. The second-order valence-corrected chi connectivity index (χ2v) is 4.03. The molecule has 0 rings (SSSR count). The van der Waals surface area contributed by atoms with Gasteiger partial charge >= 0.3 is 11.9 Å². The highest BCUT2D eigenvalue weighted by Crippen LogP contribution is 2.04. The predicted molar refractivity (Wildman–Crippen MR) is 62.6 cm³/mol. The van der Waals surface area contributed by atoms with E-state index in [0.29, 0.717) is 38.7 Å². The Morgan fingerprint density at radius 1 is 1.18 bits per heavy atom. The van der Waals surface area contributed by atoms with Gasteiger partial charge in [-0.15, -0.1) is 0 Å². The van der Waals surface area contributed by atoms with Crippen LogP contribution in [0.2, 0.25) is 0 Å². The average Bonchev–Trinajstić information content (AvgIpc) is 2.29. The summed E-state index contributed by atoms with van der Waals surface area (Å²) in [5.74, 6) is -1.13. The van der Waals surface area contributed by atoms with Gasteiger partial charge in [-0.2, -0.15) is 0 Å². The minimum Gasteiger partial charge on any atom is -0.481 e. The molecule has 0 radical (unpaired) electrons. The minimum atomic E-state index is -0.841. The van der Waals surface area contributed by atoms with Crippen LogP contribution in [0.25, 0.3) is 0 Å². The molecule has 0 aliphatic heterocycles. The highest BCUT2D eigenvalue weighted by atomic mass is 16.5. The molecule has 0 aromatic carbocycles. The number of carbonyl (C=O) groups excluding carboxylic acids is 1. The molecule has 1 unspecified atom stereocenters. The molecule has 5 nitrogen and oxygen atoms in total. The van der Waals surface area contributed by atoms with Crippen molar-refractivity contribution in [3.05, 3.63) is 0 Å². The lowest BCUT2D eigenvalue weighted by atomic mass is 10.1. The van der Waals surface area contributed by atoms with E-state index in [-0.39, 0.29) is 24.9 Å². The molecule has 0 amide bonds. The first kappa shape index (κ1) is 15.9. The maximum atomic E-state index is 11.2. The second kappa shape index (κ2) is 10.1. The number of esters is 1. The number of carboxylic acid groups (broad SMARTS) is 1.